The van der Waals surface area contributed by atoms with E-state index in [0.717, 1.165) is 72.2 Å². The van der Waals surface area contributed by atoms with E-state index in [2.05, 4.69) is 217 Å². The average Bonchev–Trinajstić information content (AvgIpc) is 3.81. The van der Waals surface area contributed by atoms with Crippen LogP contribution in [0, 0.1) is 0 Å². The first-order valence-electron chi connectivity index (χ1n) is 20.1. The maximum absolute atomic E-state index is 5.42. The van der Waals surface area contributed by atoms with Gasteiger partial charge in [-0.3, -0.25) is 4.57 Å². The molecule has 0 aliphatic carbocycles. The van der Waals surface area contributed by atoms with Gasteiger partial charge in [0, 0.05) is 38.4 Å². The molecule has 0 radical (unpaired) electrons. The summed E-state index contributed by atoms with van der Waals surface area (Å²) in [5, 5.41) is 6.93. The molecule has 0 unspecified atom stereocenters. The average molecular weight is 755 g/mol. The Morgan fingerprint density at radius 1 is 0.475 bits per heavy atom. The molecule has 8 aromatic carbocycles. The second kappa shape index (κ2) is 14.0. The highest BCUT2D eigenvalue weighted by atomic mass is 15.2. The van der Waals surface area contributed by atoms with Crippen LogP contribution in [0.25, 0.3) is 112 Å². The van der Waals surface area contributed by atoms with Gasteiger partial charge >= 0.3 is 0 Å². The number of hydrogen-bond acceptors (Lipinski definition) is 2. The highest BCUT2D eigenvalue weighted by Gasteiger charge is 2.21. The highest BCUT2D eigenvalue weighted by molar-refractivity contribution is 6.22. The molecule has 11 aromatic rings. The monoisotopic (exact) mass is 754 g/mol. The summed E-state index contributed by atoms with van der Waals surface area (Å²) in [4.78, 5) is 10.7. The lowest BCUT2D eigenvalue weighted by Gasteiger charge is -2.12. The van der Waals surface area contributed by atoms with Crippen LogP contribution in [0.2, 0.25) is 0 Å². The zero-order valence-electron chi connectivity index (χ0n) is 32.5. The van der Waals surface area contributed by atoms with Crippen LogP contribution < -0.4 is 0 Å². The number of benzene rings is 8. The van der Waals surface area contributed by atoms with Crippen LogP contribution in [0.1, 0.15) is 18.2 Å². The highest BCUT2D eigenvalue weighted by Crippen LogP contribution is 2.41. The van der Waals surface area contributed by atoms with E-state index < -0.39 is 0 Å². The van der Waals surface area contributed by atoms with Gasteiger partial charge < -0.3 is 4.57 Å². The first-order chi connectivity index (χ1) is 29.2. The Morgan fingerprint density at radius 3 is 1.81 bits per heavy atom. The predicted molar refractivity (Wildman–Crippen MR) is 249 cm³/mol. The molecule has 0 bridgehead atoms. The number of hydrogen-bond donors (Lipinski definition) is 0. The number of fused-ring (bicyclic) bond motifs is 7. The molecule has 0 amide bonds. The Kier molecular flexibility index (Phi) is 8.16. The topological polar surface area (TPSA) is 35.6 Å². The van der Waals surface area contributed by atoms with Crippen LogP contribution in [-0.4, -0.2) is 19.1 Å². The van der Waals surface area contributed by atoms with E-state index in [0.29, 0.717) is 5.95 Å². The van der Waals surface area contributed by atoms with Gasteiger partial charge in [0.25, 0.3) is 0 Å². The summed E-state index contributed by atoms with van der Waals surface area (Å²) in [6.45, 7) is 6.31. The second-order valence-corrected chi connectivity index (χ2v) is 15.0. The summed E-state index contributed by atoms with van der Waals surface area (Å²) < 4.78 is 4.55. The molecule has 3 aromatic heterocycles. The molecule has 11 rings (SSSR count). The molecular weight excluding hydrogens is 717 g/mol. The quantitative estimate of drug-likeness (QED) is 0.162. The number of para-hydroxylation sites is 2. The van der Waals surface area contributed by atoms with Gasteiger partial charge in [0.2, 0.25) is 5.95 Å². The number of allylic oxidation sites excluding steroid dienone is 1. The SMILES string of the molecule is C=Cc1c(/C=C\C)c2cc(-c3ccc4c(c3)c3c5ccccc5ccc3n4-c3nc(-c4ccc(-c5ccccc5)cc4)c4ccccc4n3)ccc2n1-c1ccccc1. The predicted octanol–water partition coefficient (Wildman–Crippen LogP) is 14.5. The van der Waals surface area contributed by atoms with Gasteiger partial charge in [0.05, 0.1) is 33.5 Å². The standard InChI is InChI=1S/C55H38N4/c1-3-15-44-46-34-40(29-31-50(46)58(49(44)4-2)42-19-9-6-10-20-42)41-30-32-51-47(35-41)53-43-21-12-11-18-38(43)28-33-52(53)59(51)55-56-48-23-14-13-22-45(48)54(57-55)39-26-24-37(25-27-39)36-16-7-5-8-17-36/h3-35H,2H2,1H3/b15-3-. The Morgan fingerprint density at radius 2 is 1.07 bits per heavy atom. The minimum Gasteiger partial charge on any atom is -0.309 e. The van der Waals surface area contributed by atoms with Crippen LogP contribution in [0.4, 0.5) is 0 Å². The Bertz CT molecular complexity index is 3440. The largest absolute Gasteiger partial charge is 0.309 e. The molecule has 0 N–H and O–H groups in total. The van der Waals surface area contributed by atoms with Crippen molar-refractivity contribution < 1.29 is 0 Å². The third-order valence-electron chi connectivity index (χ3n) is 11.6. The van der Waals surface area contributed by atoms with Crippen LogP contribution in [0.15, 0.2) is 195 Å². The molecule has 0 aliphatic rings. The van der Waals surface area contributed by atoms with Crippen LogP contribution >= 0.6 is 0 Å². The molecule has 0 aliphatic heterocycles. The summed E-state index contributed by atoms with van der Waals surface area (Å²) in [5.41, 5.74) is 14.1. The maximum Gasteiger partial charge on any atom is 0.235 e. The molecule has 0 saturated carbocycles. The van der Waals surface area contributed by atoms with Gasteiger partial charge in [-0.05, 0) is 94.6 Å². The fraction of sp³-hybridized carbons (Fsp3) is 0.0182. The third-order valence-corrected chi connectivity index (χ3v) is 11.6. The van der Waals surface area contributed by atoms with Crippen molar-refractivity contribution in [2.45, 2.75) is 6.92 Å². The van der Waals surface area contributed by atoms with Gasteiger partial charge in [0.1, 0.15) is 0 Å². The Labute approximate surface area is 342 Å². The van der Waals surface area contributed by atoms with Crippen LogP contribution in [0.5, 0.6) is 0 Å². The molecule has 0 spiro atoms. The molecule has 3 heterocycles. The number of aromatic nitrogens is 4. The van der Waals surface area contributed by atoms with Gasteiger partial charge in [0.15, 0.2) is 0 Å². The lowest BCUT2D eigenvalue weighted by molar-refractivity contribution is 1.01. The van der Waals surface area contributed by atoms with Crippen molar-refractivity contribution in [3.8, 4) is 45.1 Å². The summed E-state index contributed by atoms with van der Waals surface area (Å²) in [7, 11) is 0. The van der Waals surface area contributed by atoms with E-state index in [4.69, 9.17) is 9.97 Å². The van der Waals surface area contributed by atoms with Crippen molar-refractivity contribution in [1.29, 1.82) is 0 Å². The lowest BCUT2D eigenvalue weighted by atomic mass is 9.98. The van der Waals surface area contributed by atoms with E-state index >= 15 is 0 Å². The van der Waals surface area contributed by atoms with E-state index in [1.54, 1.807) is 0 Å². The maximum atomic E-state index is 5.42. The minimum absolute atomic E-state index is 0.644. The van der Waals surface area contributed by atoms with Crippen molar-refractivity contribution in [1.82, 2.24) is 19.1 Å². The normalized spacial score (nSPS) is 11.8. The van der Waals surface area contributed by atoms with Crippen molar-refractivity contribution in [2.75, 3.05) is 0 Å². The zero-order chi connectivity index (χ0) is 39.5. The van der Waals surface area contributed by atoms with Crippen molar-refractivity contribution in [2.24, 2.45) is 0 Å². The molecule has 278 valence electrons. The van der Waals surface area contributed by atoms with Gasteiger partial charge in [-0.25, -0.2) is 9.97 Å². The summed E-state index contributed by atoms with van der Waals surface area (Å²) in [6.07, 6.45) is 6.27. The van der Waals surface area contributed by atoms with Gasteiger partial charge in [-0.2, -0.15) is 0 Å². The van der Waals surface area contributed by atoms with Gasteiger partial charge in [-0.1, -0.05) is 152 Å². The smallest absolute Gasteiger partial charge is 0.235 e. The molecule has 59 heavy (non-hydrogen) atoms. The molecule has 0 saturated heterocycles. The zero-order valence-corrected chi connectivity index (χ0v) is 32.5. The summed E-state index contributed by atoms with van der Waals surface area (Å²) >= 11 is 0. The Balaban J connectivity index is 1.13. The lowest BCUT2D eigenvalue weighted by Crippen LogP contribution is -2.03. The second-order valence-electron chi connectivity index (χ2n) is 15.0. The van der Waals surface area contributed by atoms with Crippen molar-refractivity contribution >= 4 is 66.5 Å². The first-order valence-corrected chi connectivity index (χ1v) is 20.1. The van der Waals surface area contributed by atoms with E-state index in [1.807, 2.05) is 6.08 Å². The molecule has 0 atom stereocenters. The van der Waals surface area contributed by atoms with Gasteiger partial charge in [-0.15, -0.1) is 0 Å². The van der Waals surface area contributed by atoms with Crippen LogP contribution in [-0.2, 0) is 0 Å². The minimum atomic E-state index is 0.644. The van der Waals surface area contributed by atoms with E-state index in [9.17, 15) is 0 Å². The fourth-order valence-electron chi connectivity index (χ4n) is 8.93. The molecule has 4 nitrogen and oxygen atoms in total. The van der Waals surface area contributed by atoms with Crippen LogP contribution in [0.3, 0.4) is 0 Å². The molecular formula is C55H38N4. The number of rotatable bonds is 7. The first kappa shape index (κ1) is 34.4. The Hall–Kier alpha value is -7.82. The summed E-state index contributed by atoms with van der Waals surface area (Å²) in [6, 6.07) is 64.8. The third kappa shape index (κ3) is 5.60. The molecule has 0 fully saturated rings. The number of nitrogens with zero attached hydrogens (tertiary/aromatic N) is 4. The van der Waals surface area contributed by atoms with E-state index in [-0.39, 0.29) is 0 Å². The van der Waals surface area contributed by atoms with Crippen molar-refractivity contribution in [3.63, 3.8) is 0 Å². The van der Waals surface area contributed by atoms with E-state index in [1.165, 1.54) is 32.7 Å². The molecule has 4 heteroatoms. The fourth-order valence-corrected chi connectivity index (χ4v) is 8.93. The summed E-state index contributed by atoms with van der Waals surface area (Å²) in [5.74, 6) is 0.644. The van der Waals surface area contributed by atoms with Crippen molar-refractivity contribution in [3.05, 3.63) is 206 Å².